The highest BCUT2D eigenvalue weighted by Crippen LogP contribution is 2.28. The lowest BCUT2D eigenvalue weighted by atomic mass is 10.2. The summed E-state index contributed by atoms with van der Waals surface area (Å²) >= 11 is 12.1. The zero-order valence-electron chi connectivity index (χ0n) is 12.0. The standard InChI is InChI=1S/C14H20Cl2N4/c1-4-9(2)19(3)5-6-20-13-8-11(16)10(15)7-12(13)18-14(20)17/h7-9H,4-6H2,1-3H3,(H2,17,18). The number of hydrogen-bond donors (Lipinski definition) is 1. The number of aromatic nitrogens is 2. The van der Waals surface area contributed by atoms with Crippen molar-refractivity contribution in [1.29, 1.82) is 0 Å². The van der Waals surface area contributed by atoms with E-state index in [4.69, 9.17) is 28.9 Å². The average Bonchev–Trinajstić information content (AvgIpc) is 2.71. The predicted molar refractivity (Wildman–Crippen MR) is 86.5 cm³/mol. The van der Waals surface area contributed by atoms with Gasteiger partial charge in [0.15, 0.2) is 0 Å². The monoisotopic (exact) mass is 314 g/mol. The first-order valence-corrected chi connectivity index (χ1v) is 7.50. The van der Waals surface area contributed by atoms with Gasteiger partial charge in [0, 0.05) is 19.1 Å². The maximum Gasteiger partial charge on any atom is 0.201 e. The topological polar surface area (TPSA) is 47.1 Å². The Morgan fingerprint density at radius 2 is 2.00 bits per heavy atom. The molecule has 0 radical (unpaired) electrons. The maximum absolute atomic E-state index is 6.08. The Hall–Kier alpha value is -0.970. The molecule has 0 saturated carbocycles. The van der Waals surface area contributed by atoms with Gasteiger partial charge in [-0.05, 0) is 32.5 Å². The zero-order valence-corrected chi connectivity index (χ0v) is 13.5. The highest BCUT2D eigenvalue weighted by molar-refractivity contribution is 6.42. The molecule has 2 aromatic rings. The van der Waals surface area contributed by atoms with Crippen LogP contribution in [0, 0.1) is 0 Å². The summed E-state index contributed by atoms with van der Waals surface area (Å²) in [6, 6.07) is 4.13. The molecule has 0 aliphatic rings. The van der Waals surface area contributed by atoms with E-state index in [-0.39, 0.29) is 0 Å². The van der Waals surface area contributed by atoms with Crippen LogP contribution in [0.5, 0.6) is 0 Å². The molecule has 4 nitrogen and oxygen atoms in total. The molecule has 110 valence electrons. The van der Waals surface area contributed by atoms with Crippen molar-refractivity contribution in [2.75, 3.05) is 19.3 Å². The normalized spacial score (nSPS) is 13.3. The van der Waals surface area contributed by atoms with Crippen molar-refractivity contribution < 1.29 is 0 Å². The number of nitrogen functional groups attached to an aromatic ring is 1. The van der Waals surface area contributed by atoms with Gasteiger partial charge in [-0.2, -0.15) is 0 Å². The lowest BCUT2D eigenvalue weighted by Crippen LogP contribution is -2.31. The van der Waals surface area contributed by atoms with Gasteiger partial charge in [-0.25, -0.2) is 4.98 Å². The molecule has 1 heterocycles. The fraction of sp³-hybridized carbons (Fsp3) is 0.500. The molecule has 0 fully saturated rings. The minimum atomic E-state index is 0.496. The van der Waals surface area contributed by atoms with Gasteiger partial charge in [-0.15, -0.1) is 0 Å². The van der Waals surface area contributed by atoms with Crippen LogP contribution < -0.4 is 5.73 Å². The minimum absolute atomic E-state index is 0.496. The first-order chi connectivity index (χ1) is 9.43. The van der Waals surface area contributed by atoms with Crippen LogP contribution in [-0.4, -0.2) is 34.1 Å². The van der Waals surface area contributed by atoms with Gasteiger partial charge in [0.2, 0.25) is 5.95 Å². The molecule has 0 aliphatic heterocycles. The van der Waals surface area contributed by atoms with Crippen molar-refractivity contribution >= 4 is 40.2 Å². The predicted octanol–water partition coefficient (Wildman–Crippen LogP) is 3.66. The number of nitrogens with zero attached hydrogens (tertiary/aromatic N) is 3. The molecule has 0 bridgehead atoms. The summed E-state index contributed by atoms with van der Waals surface area (Å²) in [6.45, 7) is 6.09. The summed E-state index contributed by atoms with van der Waals surface area (Å²) in [5.41, 5.74) is 7.70. The van der Waals surface area contributed by atoms with Gasteiger partial charge < -0.3 is 15.2 Å². The van der Waals surface area contributed by atoms with Crippen LogP contribution in [0.25, 0.3) is 11.0 Å². The molecule has 20 heavy (non-hydrogen) atoms. The summed E-state index contributed by atoms with van der Waals surface area (Å²) in [5.74, 6) is 0.496. The van der Waals surface area contributed by atoms with E-state index in [1.165, 1.54) is 0 Å². The van der Waals surface area contributed by atoms with Gasteiger partial charge >= 0.3 is 0 Å². The van der Waals surface area contributed by atoms with E-state index >= 15 is 0 Å². The molecule has 0 amide bonds. The SMILES string of the molecule is CCC(C)N(C)CCn1c(N)nc2cc(Cl)c(Cl)cc21. The number of halogens is 2. The lowest BCUT2D eigenvalue weighted by molar-refractivity contribution is 0.244. The molecule has 2 N–H and O–H groups in total. The number of hydrogen-bond acceptors (Lipinski definition) is 3. The fourth-order valence-corrected chi connectivity index (χ4v) is 2.48. The van der Waals surface area contributed by atoms with Crippen LogP contribution in [0.1, 0.15) is 20.3 Å². The number of fused-ring (bicyclic) bond motifs is 1. The van der Waals surface area contributed by atoms with Crippen LogP contribution in [0.4, 0.5) is 5.95 Å². The van der Waals surface area contributed by atoms with Gasteiger partial charge in [0.1, 0.15) is 0 Å². The largest absolute Gasteiger partial charge is 0.369 e. The third kappa shape index (κ3) is 3.03. The van der Waals surface area contributed by atoms with Crippen LogP contribution in [0.3, 0.4) is 0 Å². The number of nitrogens with two attached hydrogens (primary N) is 1. The molecule has 1 aromatic carbocycles. The quantitative estimate of drug-likeness (QED) is 0.916. The van der Waals surface area contributed by atoms with E-state index in [0.717, 1.165) is 30.5 Å². The van der Waals surface area contributed by atoms with Gasteiger partial charge in [0.25, 0.3) is 0 Å². The molecule has 1 unspecified atom stereocenters. The third-order valence-electron chi connectivity index (χ3n) is 3.84. The van der Waals surface area contributed by atoms with Gasteiger partial charge in [-0.1, -0.05) is 30.1 Å². The molecule has 1 atom stereocenters. The molecule has 0 spiro atoms. The van der Waals surface area contributed by atoms with Crippen LogP contribution in [0.15, 0.2) is 12.1 Å². The van der Waals surface area contributed by atoms with Crippen molar-refractivity contribution in [2.45, 2.75) is 32.9 Å². The minimum Gasteiger partial charge on any atom is -0.369 e. The number of likely N-dealkylation sites (N-methyl/N-ethyl adjacent to an activating group) is 1. The second-order valence-electron chi connectivity index (χ2n) is 5.11. The second kappa shape index (κ2) is 6.20. The van der Waals surface area contributed by atoms with E-state index in [1.54, 1.807) is 6.07 Å². The van der Waals surface area contributed by atoms with Crippen molar-refractivity contribution in [3.8, 4) is 0 Å². The molecular weight excluding hydrogens is 295 g/mol. The van der Waals surface area contributed by atoms with Crippen LogP contribution in [0.2, 0.25) is 10.0 Å². The van der Waals surface area contributed by atoms with Crippen LogP contribution in [-0.2, 0) is 6.54 Å². The Kier molecular flexibility index (Phi) is 4.78. The Morgan fingerprint density at radius 3 is 2.65 bits per heavy atom. The molecule has 1 aromatic heterocycles. The van der Waals surface area contributed by atoms with Crippen LogP contribution >= 0.6 is 23.2 Å². The Morgan fingerprint density at radius 1 is 1.35 bits per heavy atom. The third-order valence-corrected chi connectivity index (χ3v) is 4.56. The van der Waals surface area contributed by atoms with E-state index < -0.39 is 0 Å². The molecule has 6 heteroatoms. The van der Waals surface area contributed by atoms with E-state index in [1.807, 2.05) is 10.6 Å². The second-order valence-corrected chi connectivity index (χ2v) is 5.93. The fourth-order valence-electron chi connectivity index (χ4n) is 2.16. The summed E-state index contributed by atoms with van der Waals surface area (Å²) in [7, 11) is 2.12. The van der Waals surface area contributed by atoms with Crippen molar-refractivity contribution in [3.05, 3.63) is 22.2 Å². The van der Waals surface area contributed by atoms with Crippen molar-refractivity contribution in [3.63, 3.8) is 0 Å². The zero-order chi connectivity index (χ0) is 14.9. The van der Waals surface area contributed by atoms with Crippen molar-refractivity contribution in [2.24, 2.45) is 0 Å². The van der Waals surface area contributed by atoms with Crippen molar-refractivity contribution in [1.82, 2.24) is 14.5 Å². The number of rotatable bonds is 5. The van der Waals surface area contributed by atoms with E-state index in [2.05, 4.69) is 30.8 Å². The number of benzene rings is 1. The summed E-state index contributed by atoms with van der Waals surface area (Å²) in [4.78, 5) is 6.65. The van der Waals surface area contributed by atoms with E-state index in [0.29, 0.717) is 22.0 Å². The Labute approximate surface area is 129 Å². The maximum atomic E-state index is 6.08. The molecule has 0 aliphatic carbocycles. The number of imidazole rings is 1. The number of anilines is 1. The first-order valence-electron chi connectivity index (χ1n) is 6.75. The Balaban J connectivity index is 2.26. The highest BCUT2D eigenvalue weighted by atomic mass is 35.5. The smallest absolute Gasteiger partial charge is 0.201 e. The molecular formula is C14H20Cl2N4. The first kappa shape index (κ1) is 15.4. The van der Waals surface area contributed by atoms with E-state index in [9.17, 15) is 0 Å². The summed E-state index contributed by atoms with van der Waals surface area (Å²) < 4.78 is 1.98. The summed E-state index contributed by atoms with van der Waals surface area (Å²) in [5, 5.41) is 1.02. The Bertz CT molecular complexity index is 609. The molecule has 2 rings (SSSR count). The van der Waals surface area contributed by atoms with Gasteiger partial charge in [0.05, 0.1) is 21.1 Å². The molecule has 0 saturated heterocycles. The lowest BCUT2D eigenvalue weighted by Gasteiger charge is -2.23. The summed E-state index contributed by atoms with van der Waals surface area (Å²) in [6.07, 6.45) is 1.12. The average molecular weight is 315 g/mol. The van der Waals surface area contributed by atoms with Gasteiger partial charge in [-0.3, -0.25) is 0 Å². The highest BCUT2D eigenvalue weighted by Gasteiger charge is 2.13.